The molecule has 2 aromatic heterocycles. The molecule has 2 aromatic rings. The summed E-state index contributed by atoms with van der Waals surface area (Å²) in [6, 6.07) is 4.74. The second-order valence-electron chi connectivity index (χ2n) is 4.71. The van der Waals surface area contributed by atoms with Gasteiger partial charge in [-0.3, -0.25) is 4.90 Å². The molecule has 1 aliphatic heterocycles. The van der Waals surface area contributed by atoms with Gasteiger partial charge in [0.1, 0.15) is 0 Å². The first-order chi connectivity index (χ1) is 8.24. The van der Waals surface area contributed by atoms with Crippen molar-refractivity contribution in [2.45, 2.75) is 32.7 Å². The Kier molecular flexibility index (Phi) is 2.84. The van der Waals surface area contributed by atoms with Gasteiger partial charge in [-0.25, -0.2) is 9.97 Å². The molecular weight excluding hydrogens is 230 g/mol. The van der Waals surface area contributed by atoms with E-state index in [4.69, 9.17) is 4.98 Å². The first-order valence-corrected chi connectivity index (χ1v) is 7.04. The number of nitrogens with zero attached hydrogens (tertiary/aromatic N) is 3. The van der Waals surface area contributed by atoms with Crippen molar-refractivity contribution in [1.29, 1.82) is 0 Å². The van der Waals surface area contributed by atoms with Gasteiger partial charge in [0.2, 0.25) is 0 Å². The monoisotopic (exact) mass is 247 g/mol. The molecule has 3 rings (SSSR count). The van der Waals surface area contributed by atoms with E-state index in [1.807, 2.05) is 6.92 Å². The van der Waals surface area contributed by atoms with E-state index in [2.05, 4.69) is 28.9 Å². The number of hydrogen-bond acceptors (Lipinski definition) is 4. The first kappa shape index (κ1) is 11.1. The number of rotatable bonds is 2. The highest BCUT2D eigenvalue weighted by atomic mass is 32.1. The van der Waals surface area contributed by atoms with Gasteiger partial charge in [0.15, 0.2) is 5.65 Å². The van der Waals surface area contributed by atoms with E-state index in [0.29, 0.717) is 6.04 Å². The van der Waals surface area contributed by atoms with Gasteiger partial charge in [0.05, 0.1) is 15.4 Å². The quantitative estimate of drug-likeness (QED) is 0.816. The minimum Gasteiger partial charge on any atom is -0.295 e. The summed E-state index contributed by atoms with van der Waals surface area (Å²) in [5.74, 6) is 0. The number of aromatic nitrogens is 2. The van der Waals surface area contributed by atoms with Crippen LogP contribution in [0, 0.1) is 6.92 Å². The van der Waals surface area contributed by atoms with E-state index in [1.165, 1.54) is 30.6 Å². The van der Waals surface area contributed by atoms with Crippen molar-refractivity contribution < 1.29 is 0 Å². The summed E-state index contributed by atoms with van der Waals surface area (Å²) in [6.45, 7) is 6.70. The number of likely N-dealkylation sites (tertiary alicyclic amines) is 1. The van der Waals surface area contributed by atoms with Crippen molar-refractivity contribution in [3.05, 3.63) is 22.8 Å². The molecule has 1 atom stereocenters. The van der Waals surface area contributed by atoms with Crippen LogP contribution in [0.15, 0.2) is 12.1 Å². The maximum absolute atomic E-state index is 4.70. The number of pyridine rings is 1. The summed E-state index contributed by atoms with van der Waals surface area (Å²) < 4.78 is 1.19. The van der Waals surface area contributed by atoms with Gasteiger partial charge in [0.25, 0.3) is 0 Å². The van der Waals surface area contributed by atoms with Gasteiger partial charge >= 0.3 is 0 Å². The van der Waals surface area contributed by atoms with E-state index in [-0.39, 0.29) is 0 Å². The van der Waals surface area contributed by atoms with Gasteiger partial charge in [-0.1, -0.05) is 0 Å². The fraction of sp³-hybridized carbons (Fsp3) is 0.538. The van der Waals surface area contributed by atoms with Crippen molar-refractivity contribution in [2.75, 3.05) is 13.1 Å². The van der Waals surface area contributed by atoms with Crippen molar-refractivity contribution in [2.24, 2.45) is 0 Å². The predicted molar refractivity (Wildman–Crippen MR) is 71.4 cm³/mol. The van der Waals surface area contributed by atoms with Crippen LogP contribution < -0.4 is 0 Å². The molecule has 17 heavy (non-hydrogen) atoms. The lowest BCUT2D eigenvalue weighted by atomic mass is 10.2. The maximum atomic E-state index is 4.70. The zero-order valence-electron chi connectivity index (χ0n) is 10.3. The Morgan fingerprint density at radius 3 is 2.76 bits per heavy atom. The Bertz CT molecular complexity index is 528. The Hall–Kier alpha value is -1.00. The maximum Gasteiger partial charge on any atom is 0.170 e. The summed E-state index contributed by atoms with van der Waals surface area (Å²) in [5.41, 5.74) is 2.07. The molecule has 0 saturated carbocycles. The molecule has 1 saturated heterocycles. The molecule has 0 bridgehead atoms. The highest BCUT2D eigenvalue weighted by Gasteiger charge is 2.20. The summed E-state index contributed by atoms with van der Waals surface area (Å²) in [5, 5.41) is 1.10. The molecule has 0 N–H and O–H groups in total. The average Bonchev–Trinajstić information content (AvgIpc) is 2.94. The summed E-state index contributed by atoms with van der Waals surface area (Å²) in [4.78, 5) is 11.7. The zero-order valence-corrected chi connectivity index (χ0v) is 11.1. The standard InChI is InChI=1S/C13H17N3S/c1-9(16-7-3-4-8-16)11-5-6-12-13(15-11)14-10(2)17-12/h5-6,9H,3-4,7-8H2,1-2H3/t9-/m0/s1. The number of fused-ring (bicyclic) bond motifs is 1. The normalized spacial score (nSPS) is 18.9. The third kappa shape index (κ3) is 2.07. The lowest BCUT2D eigenvalue weighted by molar-refractivity contribution is 0.259. The third-order valence-electron chi connectivity index (χ3n) is 3.50. The Morgan fingerprint density at radius 1 is 1.24 bits per heavy atom. The van der Waals surface area contributed by atoms with E-state index < -0.39 is 0 Å². The summed E-state index contributed by atoms with van der Waals surface area (Å²) >= 11 is 1.72. The molecule has 0 aromatic carbocycles. The minimum atomic E-state index is 0.420. The molecule has 0 unspecified atom stereocenters. The van der Waals surface area contributed by atoms with E-state index in [9.17, 15) is 0 Å². The minimum absolute atomic E-state index is 0.420. The average molecular weight is 247 g/mol. The van der Waals surface area contributed by atoms with Crippen LogP contribution in [0.5, 0.6) is 0 Å². The molecule has 0 spiro atoms. The van der Waals surface area contributed by atoms with Crippen molar-refractivity contribution in [3.8, 4) is 0 Å². The second-order valence-corrected chi connectivity index (χ2v) is 5.94. The van der Waals surface area contributed by atoms with Gasteiger partial charge in [0, 0.05) is 6.04 Å². The van der Waals surface area contributed by atoms with Crippen molar-refractivity contribution >= 4 is 21.7 Å². The summed E-state index contributed by atoms with van der Waals surface area (Å²) in [7, 11) is 0. The molecule has 1 aliphatic rings. The van der Waals surface area contributed by atoms with Gasteiger partial charge < -0.3 is 0 Å². The predicted octanol–water partition coefficient (Wildman–Crippen LogP) is 3.16. The van der Waals surface area contributed by atoms with Crippen molar-refractivity contribution in [3.63, 3.8) is 0 Å². The lowest BCUT2D eigenvalue weighted by Gasteiger charge is -2.22. The number of thiazole rings is 1. The Morgan fingerprint density at radius 2 is 2.00 bits per heavy atom. The smallest absolute Gasteiger partial charge is 0.170 e. The lowest BCUT2D eigenvalue weighted by Crippen LogP contribution is -2.23. The summed E-state index contributed by atoms with van der Waals surface area (Å²) in [6.07, 6.45) is 2.64. The highest BCUT2D eigenvalue weighted by Crippen LogP contribution is 2.26. The Balaban J connectivity index is 1.93. The molecule has 4 heteroatoms. The van der Waals surface area contributed by atoms with E-state index in [0.717, 1.165) is 16.3 Å². The topological polar surface area (TPSA) is 29.0 Å². The van der Waals surface area contributed by atoms with Crippen LogP contribution in [0.1, 0.15) is 36.5 Å². The fourth-order valence-corrected chi connectivity index (χ4v) is 3.26. The van der Waals surface area contributed by atoms with Crippen LogP contribution in [0.4, 0.5) is 0 Å². The zero-order chi connectivity index (χ0) is 11.8. The van der Waals surface area contributed by atoms with Crippen LogP contribution >= 0.6 is 11.3 Å². The molecule has 0 radical (unpaired) electrons. The van der Waals surface area contributed by atoms with Gasteiger partial charge in [-0.2, -0.15) is 0 Å². The SMILES string of the molecule is Cc1nc2nc([C@H](C)N3CCCC3)ccc2s1. The second kappa shape index (κ2) is 4.35. The highest BCUT2D eigenvalue weighted by molar-refractivity contribution is 7.18. The van der Waals surface area contributed by atoms with Crippen molar-refractivity contribution in [1.82, 2.24) is 14.9 Å². The molecule has 1 fully saturated rings. The fourth-order valence-electron chi connectivity index (χ4n) is 2.49. The van der Waals surface area contributed by atoms with E-state index >= 15 is 0 Å². The third-order valence-corrected chi connectivity index (χ3v) is 4.42. The molecule has 0 aliphatic carbocycles. The Labute approximate surface area is 106 Å². The number of aryl methyl sites for hydroxylation is 1. The van der Waals surface area contributed by atoms with Crippen LogP contribution in [-0.4, -0.2) is 28.0 Å². The largest absolute Gasteiger partial charge is 0.295 e. The van der Waals surface area contributed by atoms with Crippen LogP contribution in [0.25, 0.3) is 10.3 Å². The van der Waals surface area contributed by atoms with E-state index in [1.54, 1.807) is 11.3 Å². The van der Waals surface area contributed by atoms with Crippen LogP contribution in [0.3, 0.4) is 0 Å². The van der Waals surface area contributed by atoms with Gasteiger partial charge in [-0.15, -0.1) is 11.3 Å². The van der Waals surface area contributed by atoms with Gasteiger partial charge in [-0.05, 0) is 51.9 Å². The molecule has 0 amide bonds. The molecule has 90 valence electrons. The van der Waals surface area contributed by atoms with Crippen LogP contribution in [0.2, 0.25) is 0 Å². The molecule has 3 heterocycles. The molecule has 3 nitrogen and oxygen atoms in total. The number of hydrogen-bond donors (Lipinski definition) is 0. The first-order valence-electron chi connectivity index (χ1n) is 6.22. The van der Waals surface area contributed by atoms with Crippen LogP contribution in [-0.2, 0) is 0 Å². The molecular formula is C13H17N3S.